The van der Waals surface area contributed by atoms with Crippen LogP contribution in [0.5, 0.6) is 11.5 Å². The van der Waals surface area contributed by atoms with E-state index < -0.39 is 0 Å². The number of nitrogens with zero attached hydrogens (tertiary/aromatic N) is 1. The molecule has 4 bridgehead atoms. The van der Waals surface area contributed by atoms with Crippen LogP contribution in [0.2, 0.25) is 5.02 Å². The molecule has 5 aliphatic rings. The third kappa shape index (κ3) is 4.64. The van der Waals surface area contributed by atoms with Crippen molar-refractivity contribution in [3.8, 4) is 11.5 Å². The predicted octanol–water partition coefficient (Wildman–Crippen LogP) is 7.64. The molecule has 0 radical (unpaired) electrons. The Kier molecular flexibility index (Phi) is 6.66. The van der Waals surface area contributed by atoms with E-state index >= 15 is 0 Å². The van der Waals surface area contributed by atoms with Crippen molar-refractivity contribution < 1.29 is 19.1 Å². The molecule has 5 fully saturated rings. The molecule has 4 saturated carbocycles. The highest BCUT2D eigenvalue weighted by atomic mass is 79.9. The molecule has 1 saturated heterocycles. The summed E-state index contributed by atoms with van der Waals surface area (Å²) in [6.45, 7) is 0. The van der Waals surface area contributed by atoms with Crippen molar-refractivity contribution in [1.29, 1.82) is 0 Å². The fourth-order valence-corrected chi connectivity index (χ4v) is 8.61. The largest absolute Gasteiger partial charge is 0.493 e. The number of benzene rings is 2. The van der Waals surface area contributed by atoms with E-state index in [1.54, 1.807) is 43.5 Å². The van der Waals surface area contributed by atoms with E-state index in [2.05, 4.69) is 15.9 Å². The van der Waals surface area contributed by atoms with Gasteiger partial charge < -0.3 is 9.47 Å². The molecule has 7 rings (SSSR count). The number of methoxy groups -OCH3 is 1. The summed E-state index contributed by atoms with van der Waals surface area (Å²) in [6, 6.07) is 10.6. The van der Waals surface area contributed by atoms with Crippen LogP contribution >= 0.6 is 51.5 Å². The normalized spacial score (nSPS) is 29.3. The van der Waals surface area contributed by atoms with Crippen molar-refractivity contribution >= 4 is 79.5 Å². The standard InChI is InChI=1S/C28H25BrClNO4S2/c1-34-23-9-15(10-24-25(32)31(27(36)37-24)19-3-4-20(29)21(30)11-19)2-5-22(23)35-26(33)28-12-16-6-17(13-28)8-18(7-16)14-28/h2-5,9-11,16-18H,6-8,12-14H2,1H3/b24-10-. The van der Waals surface area contributed by atoms with Gasteiger partial charge >= 0.3 is 5.97 Å². The van der Waals surface area contributed by atoms with E-state index in [1.165, 1.54) is 35.9 Å². The van der Waals surface area contributed by atoms with E-state index in [4.69, 9.17) is 33.3 Å². The van der Waals surface area contributed by atoms with Gasteiger partial charge in [-0.25, -0.2) is 0 Å². The molecule has 0 N–H and O–H groups in total. The zero-order valence-electron chi connectivity index (χ0n) is 20.2. The quantitative estimate of drug-likeness (QED) is 0.149. The van der Waals surface area contributed by atoms with E-state index in [0.717, 1.165) is 29.3 Å². The number of thiocarbonyl (C=S) groups is 1. The van der Waals surface area contributed by atoms with Crippen molar-refractivity contribution in [1.82, 2.24) is 0 Å². The summed E-state index contributed by atoms with van der Waals surface area (Å²) < 4.78 is 12.7. The molecule has 1 heterocycles. The van der Waals surface area contributed by atoms with Crippen molar-refractivity contribution in [2.24, 2.45) is 23.2 Å². The number of hydrogen-bond donors (Lipinski definition) is 0. The molecule has 2 aromatic rings. The maximum Gasteiger partial charge on any atom is 0.317 e. The average molecular weight is 619 g/mol. The first-order valence-electron chi connectivity index (χ1n) is 12.4. The summed E-state index contributed by atoms with van der Waals surface area (Å²) in [5.41, 5.74) is 1.02. The number of ether oxygens (including phenoxy) is 2. The highest BCUT2D eigenvalue weighted by molar-refractivity contribution is 9.10. The van der Waals surface area contributed by atoms with E-state index in [9.17, 15) is 9.59 Å². The molecule has 1 amide bonds. The molecular formula is C28H25BrClNO4S2. The van der Waals surface area contributed by atoms with Crippen molar-refractivity contribution in [2.75, 3.05) is 12.0 Å². The van der Waals surface area contributed by atoms with Gasteiger partial charge in [0.05, 0.1) is 28.1 Å². The van der Waals surface area contributed by atoms with Gasteiger partial charge in [-0.3, -0.25) is 14.5 Å². The predicted molar refractivity (Wildman–Crippen MR) is 154 cm³/mol. The van der Waals surface area contributed by atoms with Gasteiger partial charge in [0.1, 0.15) is 0 Å². The van der Waals surface area contributed by atoms with Gasteiger partial charge in [0, 0.05) is 4.47 Å². The molecule has 2 aromatic carbocycles. The SMILES string of the molecule is COc1cc(/C=C2\SC(=S)N(c3ccc(Br)c(Cl)c3)C2=O)ccc1OC(=O)C12CC3CC(CC(C3)C1)C2. The van der Waals surface area contributed by atoms with Crippen molar-refractivity contribution in [3.63, 3.8) is 0 Å². The second kappa shape index (κ2) is 9.70. The van der Waals surface area contributed by atoms with E-state index in [0.29, 0.717) is 49.2 Å². The van der Waals surface area contributed by atoms with Crippen molar-refractivity contribution in [3.05, 3.63) is 56.4 Å². The van der Waals surface area contributed by atoms with Crippen LogP contribution in [0.25, 0.3) is 6.08 Å². The minimum atomic E-state index is -0.345. The molecule has 5 nitrogen and oxygen atoms in total. The monoisotopic (exact) mass is 617 g/mol. The zero-order valence-corrected chi connectivity index (χ0v) is 24.1. The molecule has 1 aliphatic heterocycles. The second-order valence-corrected chi connectivity index (χ2v) is 13.6. The Bertz CT molecular complexity index is 1320. The Morgan fingerprint density at radius 2 is 1.78 bits per heavy atom. The van der Waals surface area contributed by atoms with Crippen LogP contribution in [-0.2, 0) is 9.59 Å². The molecule has 0 aromatic heterocycles. The van der Waals surface area contributed by atoms with Crippen LogP contribution < -0.4 is 14.4 Å². The molecular weight excluding hydrogens is 594 g/mol. The highest BCUT2D eigenvalue weighted by Gasteiger charge is 2.55. The number of esters is 1. The maximum absolute atomic E-state index is 13.4. The summed E-state index contributed by atoms with van der Waals surface area (Å²) in [5.74, 6) is 2.52. The zero-order chi connectivity index (χ0) is 25.9. The van der Waals surface area contributed by atoms with Gasteiger partial charge in [0.15, 0.2) is 15.8 Å². The van der Waals surface area contributed by atoms with Crippen molar-refractivity contribution in [2.45, 2.75) is 38.5 Å². The molecule has 192 valence electrons. The Labute approximate surface area is 239 Å². The summed E-state index contributed by atoms with van der Waals surface area (Å²) in [6.07, 6.45) is 8.42. The number of carbonyl (C=O) groups is 2. The number of hydrogen-bond acceptors (Lipinski definition) is 6. The van der Waals surface area contributed by atoms with Gasteiger partial charge in [-0.2, -0.15) is 0 Å². The molecule has 37 heavy (non-hydrogen) atoms. The third-order valence-electron chi connectivity index (χ3n) is 8.11. The fourth-order valence-electron chi connectivity index (χ4n) is 6.89. The third-order valence-corrected chi connectivity index (χ3v) is 10.6. The van der Waals surface area contributed by atoms with Crippen LogP contribution in [0, 0.1) is 23.2 Å². The first-order valence-corrected chi connectivity index (χ1v) is 14.8. The molecule has 0 spiro atoms. The topological polar surface area (TPSA) is 55.8 Å². The Balaban J connectivity index is 1.21. The number of halogens is 2. The fraction of sp³-hybridized carbons (Fsp3) is 0.393. The van der Waals surface area contributed by atoms with Crippen LogP contribution in [0.4, 0.5) is 5.69 Å². The lowest BCUT2D eigenvalue weighted by atomic mass is 9.49. The van der Waals surface area contributed by atoms with Crippen LogP contribution in [-0.4, -0.2) is 23.3 Å². The summed E-state index contributed by atoms with van der Waals surface area (Å²) in [5, 5.41) is 0.499. The minimum Gasteiger partial charge on any atom is -0.493 e. The Morgan fingerprint density at radius 1 is 1.11 bits per heavy atom. The second-order valence-electron chi connectivity index (χ2n) is 10.6. The van der Waals surface area contributed by atoms with Gasteiger partial charge in [0.2, 0.25) is 0 Å². The first-order chi connectivity index (χ1) is 17.7. The summed E-state index contributed by atoms with van der Waals surface area (Å²) in [7, 11) is 1.55. The molecule has 0 atom stereocenters. The number of carbonyl (C=O) groups excluding carboxylic acids is 2. The number of rotatable bonds is 5. The molecule has 9 heteroatoms. The highest BCUT2D eigenvalue weighted by Crippen LogP contribution is 2.60. The van der Waals surface area contributed by atoms with Gasteiger partial charge in [-0.15, -0.1) is 0 Å². The minimum absolute atomic E-state index is 0.119. The number of anilines is 1. The number of thioether (sulfide) groups is 1. The van der Waals surface area contributed by atoms with Crippen LogP contribution in [0.1, 0.15) is 44.1 Å². The maximum atomic E-state index is 13.4. The summed E-state index contributed by atoms with van der Waals surface area (Å²) >= 11 is 16.3. The van der Waals surface area contributed by atoms with E-state index in [1.807, 2.05) is 6.07 Å². The lowest BCUT2D eigenvalue weighted by Crippen LogP contribution is -2.51. The van der Waals surface area contributed by atoms with Gasteiger partial charge in [0.25, 0.3) is 5.91 Å². The first kappa shape index (κ1) is 25.4. The van der Waals surface area contributed by atoms with Gasteiger partial charge in [-0.1, -0.05) is 41.6 Å². The van der Waals surface area contributed by atoms with Crippen LogP contribution in [0.15, 0.2) is 45.8 Å². The lowest BCUT2D eigenvalue weighted by molar-refractivity contribution is -0.161. The lowest BCUT2D eigenvalue weighted by Gasteiger charge is -2.55. The Hall–Kier alpha value is -1.87. The molecule has 4 aliphatic carbocycles. The number of amides is 1. The van der Waals surface area contributed by atoms with E-state index in [-0.39, 0.29) is 17.3 Å². The van der Waals surface area contributed by atoms with Crippen LogP contribution in [0.3, 0.4) is 0 Å². The smallest absolute Gasteiger partial charge is 0.317 e. The average Bonchev–Trinajstić information content (AvgIpc) is 3.13. The molecule has 0 unspecified atom stereocenters. The van der Waals surface area contributed by atoms with Gasteiger partial charge in [-0.05, 0) is 114 Å². The Morgan fingerprint density at radius 3 is 2.41 bits per heavy atom. The summed E-state index contributed by atoms with van der Waals surface area (Å²) in [4.78, 5) is 28.6.